The molecule has 3 atom stereocenters. The predicted octanol–water partition coefficient (Wildman–Crippen LogP) is 6.34. The summed E-state index contributed by atoms with van der Waals surface area (Å²) in [6.45, 7) is 6.07. The molecule has 13 heteroatoms. The molecule has 1 aromatic heterocycles. The molecular formula is C37H48FN5O6S. The lowest BCUT2D eigenvalue weighted by molar-refractivity contribution is -0.138. The van der Waals surface area contributed by atoms with Crippen LogP contribution in [0.3, 0.4) is 0 Å². The molecule has 50 heavy (non-hydrogen) atoms. The third-order valence-electron chi connectivity index (χ3n) is 9.84. The van der Waals surface area contributed by atoms with Gasteiger partial charge in [0, 0.05) is 50.0 Å². The second-order valence-corrected chi connectivity index (χ2v) is 14.4. The Labute approximate surface area is 297 Å². The molecular weight excluding hydrogens is 662 g/mol. The zero-order valence-electron chi connectivity index (χ0n) is 29.3. The standard InChI is InChI=1S/C37H48FN5O6S/c1-5-32(44)40-33(36(46)43-18-16-42(3)17-19-43)23(2)25-12-15-30(29(38)20-25)39-37(47)50-35(24-10-8-6-7-9-11-24)41-34(45)28-22-49-31-21-26(48-4)13-14-27(28)31/h12-15,20-24,33,35H,5-11,16-19H2,1-4H3,(H,39,47)(H,40,44)(H,41,45)/t23-,33+,35+/m0/s1. The highest BCUT2D eigenvalue weighted by Crippen LogP contribution is 2.33. The fraction of sp³-hybridized carbons (Fsp3) is 0.514. The summed E-state index contributed by atoms with van der Waals surface area (Å²) in [5, 5.41) is 8.19. The molecule has 0 unspecified atom stereocenters. The number of ether oxygens (including phenoxy) is 1. The van der Waals surface area contributed by atoms with Crippen molar-refractivity contribution >= 4 is 51.4 Å². The number of hydrogen-bond acceptors (Lipinski definition) is 8. The number of piperazine rings is 1. The van der Waals surface area contributed by atoms with Crippen LogP contribution in [0.4, 0.5) is 14.9 Å². The van der Waals surface area contributed by atoms with Crippen molar-refractivity contribution in [1.29, 1.82) is 0 Å². The molecule has 11 nitrogen and oxygen atoms in total. The van der Waals surface area contributed by atoms with Gasteiger partial charge in [-0.3, -0.25) is 19.2 Å². The number of amides is 4. The quantitative estimate of drug-likeness (QED) is 0.155. The Bertz CT molecular complexity index is 1670. The Hall–Kier alpha value is -4.10. The Morgan fingerprint density at radius 2 is 1.72 bits per heavy atom. The summed E-state index contributed by atoms with van der Waals surface area (Å²) in [4.78, 5) is 56.8. The zero-order valence-corrected chi connectivity index (χ0v) is 30.1. The minimum Gasteiger partial charge on any atom is -0.497 e. The van der Waals surface area contributed by atoms with Crippen LogP contribution < -0.4 is 20.7 Å². The van der Waals surface area contributed by atoms with Crippen molar-refractivity contribution in [2.24, 2.45) is 5.92 Å². The number of thioether (sulfide) groups is 1. The molecule has 0 spiro atoms. The number of fused-ring (bicyclic) bond motifs is 1. The van der Waals surface area contributed by atoms with Gasteiger partial charge in [-0.1, -0.05) is 45.6 Å². The summed E-state index contributed by atoms with van der Waals surface area (Å²) >= 11 is 0.945. The summed E-state index contributed by atoms with van der Waals surface area (Å²) in [6.07, 6.45) is 7.54. The second kappa shape index (κ2) is 17.2. The number of carbonyl (C=O) groups is 4. The van der Waals surface area contributed by atoms with E-state index in [1.54, 1.807) is 50.1 Å². The van der Waals surface area contributed by atoms with Crippen molar-refractivity contribution in [2.45, 2.75) is 76.1 Å². The first-order valence-corrected chi connectivity index (χ1v) is 18.4. The van der Waals surface area contributed by atoms with Crippen LogP contribution in [0.2, 0.25) is 0 Å². The monoisotopic (exact) mass is 709 g/mol. The molecule has 270 valence electrons. The van der Waals surface area contributed by atoms with Gasteiger partial charge in [0.05, 0.1) is 23.7 Å². The number of nitrogens with zero attached hydrogens (tertiary/aromatic N) is 2. The largest absolute Gasteiger partial charge is 0.497 e. The van der Waals surface area contributed by atoms with Gasteiger partial charge in [-0.15, -0.1) is 0 Å². The van der Waals surface area contributed by atoms with Crippen LogP contribution in [0, 0.1) is 11.7 Å². The number of carbonyl (C=O) groups excluding carboxylic acids is 4. The van der Waals surface area contributed by atoms with Crippen LogP contribution in [-0.2, 0) is 9.59 Å². The maximum Gasteiger partial charge on any atom is 0.285 e. The third-order valence-corrected chi connectivity index (χ3v) is 10.9. The van der Waals surface area contributed by atoms with E-state index >= 15 is 4.39 Å². The Balaban J connectivity index is 1.29. The van der Waals surface area contributed by atoms with E-state index < -0.39 is 28.4 Å². The highest BCUT2D eigenvalue weighted by Gasteiger charge is 2.33. The average molecular weight is 710 g/mol. The van der Waals surface area contributed by atoms with E-state index in [1.165, 1.54) is 18.4 Å². The van der Waals surface area contributed by atoms with E-state index in [-0.39, 0.29) is 35.7 Å². The van der Waals surface area contributed by atoms with Gasteiger partial charge in [0.2, 0.25) is 11.8 Å². The van der Waals surface area contributed by atoms with Crippen LogP contribution in [0.1, 0.15) is 80.6 Å². The van der Waals surface area contributed by atoms with Crippen LogP contribution in [0.25, 0.3) is 11.0 Å². The van der Waals surface area contributed by atoms with Crippen molar-refractivity contribution in [3.8, 4) is 5.75 Å². The van der Waals surface area contributed by atoms with Crippen LogP contribution in [0.15, 0.2) is 47.1 Å². The molecule has 3 aromatic rings. The van der Waals surface area contributed by atoms with Gasteiger partial charge in [-0.25, -0.2) is 4.39 Å². The van der Waals surface area contributed by atoms with Gasteiger partial charge in [0.15, 0.2) is 0 Å². The molecule has 2 aromatic carbocycles. The topological polar surface area (TPSA) is 133 Å². The van der Waals surface area contributed by atoms with Crippen molar-refractivity contribution < 1.29 is 32.7 Å². The number of rotatable bonds is 11. The molecule has 4 amide bonds. The van der Waals surface area contributed by atoms with Gasteiger partial charge in [0.25, 0.3) is 11.1 Å². The maximum absolute atomic E-state index is 15.6. The van der Waals surface area contributed by atoms with E-state index in [0.29, 0.717) is 40.9 Å². The van der Waals surface area contributed by atoms with Crippen molar-refractivity contribution in [1.82, 2.24) is 20.4 Å². The summed E-state index contributed by atoms with van der Waals surface area (Å²) in [6, 6.07) is 8.82. The minimum atomic E-state index is -0.862. The molecule has 3 N–H and O–H groups in total. The fourth-order valence-corrected chi connectivity index (χ4v) is 7.67. The molecule has 2 aliphatic rings. The van der Waals surface area contributed by atoms with Gasteiger partial charge < -0.3 is 34.9 Å². The minimum absolute atomic E-state index is 0.0151. The van der Waals surface area contributed by atoms with Crippen molar-refractivity contribution in [3.05, 3.63) is 59.6 Å². The molecule has 1 aliphatic carbocycles. The smallest absolute Gasteiger partial charge is 0.285 e. The van der Waals surface area contributed by atoms with E-state index in [2.05, 4.69) is 20.9 Å². The molecule has 0 radical (unpaired) electrons. The van der Waals surface area contributed by atoms with E-state index in [4.69, 9.17) is 9.15 Å². The SMILES string of the molecule is CCC(=O)N[C@@H](C(=O)N1CCN(C)CC1)[C@@H](C)c1ccc(NC(=O)S[C@@H](NC(=O)c2coc3cc(OC)ccc23)C2CCCCCC2)c(F)c1. The summed E-state index contributed by atoms with van der Waals surface area (Å²) in [5.74, 6) is -1.34. The van der Waals surface area contributed by atoms with Crippen LogP contribution in [0.5, 0.6) is 5.75 Å². The van der Waals surface area contributed by atoms with Crippen LogP contribution in [-0.4, -0.2) is 84.5 Å². The van der Waals surface area contributed by atoms with Crippen molar-refractivity contribution in [3.63, 3.8) is 0 Å². The normalized spacial score (nSPS) is 17.7. The highest BCUT2D eigenvalue weighted by atomic mass is 32.2. The molecule has 1 aliphatic heterocycles. The zero-order chi connectivity index (χ0) is 35.8. The van der Waals surface area contributed by atoms with Gasteiger partial charge in [-0.2, -0.15) is 0 Å². The highest BCUT2D eigenvalue weighted by molar-refractivity contribution is 8.14. The Kier molecular flexibility index (Phi) is 12.8. The van der Waals surface area contributed by atoms with Crippen molar-refractivity contribution in [2.75, 3.05) is 45.7 Å². The van der Waals surface area contributed by atoms with E-state index in [0.717, 1.165) is 63.4 Å². The first kappa shape index (κ1) is 37.2. The molecule has 2 heterocycles. The summed E-state index contributed by atoms with van der Waals surface area (Å²) in [7, 11) is 3.55. The maximum atomic E-state index is 15.6. The second-order valence-electron chi connectivity index (χ2n) is 13.2. The molecule has 1 saturated heterocycles. The molecule has 1 saturated carbocycles. The van der Waals surface area contributed by atoms with Gasteiger partial charge in [0.1, 0.15) is 29.5 Å². The number of anilines is 1. The average Bonchev–Trinajstić information content (AvgIpc) is 3.35. The first-order valence-electron chi connectivity index (χ1n) is 17.5. The lowest BCUT2D eigenvalue weighted by atomic mass is 9.91. The number of hydrogen-bond donors (Lipinski definition) is 3. The Morgan fingerprint density at radius 3 is 2.38 bits per heavy atom. The number of benzene rings is 2. The number of furan rings is 1. The summed E-state index contributed by atoms with van der Waals surface area (Å²) < 4.78 is 26.5. The number of nitrogens with one attached hydrogen (secondary N) is 3. The van der Waals surface area contributed by atoms with E-state index in [9.17, 15) is 19.2 Å². The lowest BCUT2D eigenvalue weighted by Gasteiger charge is -2.36. The summed E-state index contributed by atoms with van der Waals surface area (Å²) in [5.41, 5.74) is 1.38. The number of halogens is 1. The lowest BCUT2D eigenvalue weighted by Crippen LogP contribution is -2.55. The molecule has 2 fully saturated rings. The van der Waals surface area contributed by atoms with Gasteiger partial charge in [-0.05, 0) is 67.4 Å². The van der Waals surface area contributed by atoms with Gasteiger partial charge >= 0.3 is 0 Å². The first-order chi connectivity index (χ1) is 24.1. The predicted molar refractivity (Wildman–Crippen MR) is 193 cm³/mol. The molecule has 5 rings (SSSR count). The number of methoxy groups -OCH3 is 1. The van der Waals surface area contributed by atoms with Crippen LogP contribution >= 0.6 is 11.8 Å². The Morgan fingerprint density at radius 1 is 1.00 bits per heavy atom. The van der Waals surface area contributed by atoms with E-state index in [1.807, 2.05) is 7.05 Å². The third kappa shape index (κ3) is 9.16. The fourth-order valence-electron chi connectivity index (χ4n) is 6.64. The number of likely N-dealkylation sites (N-methyl/N-ethyl adjacent to an activating group) is 1. The molecule has 0 bridgehead atoms.